The molecule has 10 nitrogen and oxygen atoms in total. The molecule has 0 unspecified atom stereocenters. The molecule has 3 heterocycles. The predicted octanol–water partition coefficient (Wildman–Crippen LogP) is 2.58. The molecular formula is C24H23F2N7O3. The highest BCUT2D eigenvalue weighted by atomic mass is 19.3. The number of aromatic nitrogens is 4. The van der Waals surface area contributed by atoms with Crippen molar-refractivity contribution in [3.63, 3.8) is 0 Å². The van der Waals surface area contributed by atoms with Crippen molar-refractivity contribution in [3.05, 3.63) is 64.2 Å². The fourth-order valence-corrected chi connectivity index (χ4v) is 4.38. The molecule has 5 rings (SSSR count). The highest BCUT2D eigenvalue weighted by molar-refractivity contribution is 5.86. The second-order valence-electron chi connectivity index (χ2n) is 8.49. The van der Waals surface area contributed by atoms with E-state index in [0.717, 1.165) is 15.7 Å². The van der Waals surface area contributed by atoms with Gasteiger partial charge in [-0.15, -0.1) is 0 Å². The molecule has 0 bridgehead atoms. The second-order valence-corrected chi connectivity index (χ2v) is 8.49. The van der Waals surface area contributed by atoms with Crippen molar-refractivity contribution in [1.29, 1.82) is 0 Å². The summed E-state index contributed by atoms with van der Waals surface area (Å²) in [6.07, 6.45) is 0.374. The summed E-state index contributed by atoms with van der Waals surface area (Å²) in [5.41, 5.74) is 8.07. The lowest BCUT2D eigenvalue weighted by Gasteiger charge is -2.18. The standard InChI is InChI=1S/C24H23F2N7O3/c25-19(26)12-32-8-6-13-4-5-15(10-14(13)7-9-32)29-23-28-11-16-21(27)33(24(36)31-22(16)30-23)20-17(34)2-1-3-18(20)35/h1-5,10-11,19,34-35H,6-9,12,27H2,(H,29,30,31,36). The van der Waals surface area contributed by atoms with Crippen LogP contribution in [0.4, 0.5) is 26.2 Å². The minimum Gasteiger partial charge on any atom is -0.506 e. The van der Waals surface area contributed by atoms with Crippen LogP contribution in [0, 0.1) is 0 Å². The molecule has 0 amide bonds. The van der Waals surface area contributed by atoms with Gasteiger partial charge in [-0.05, 0) is 48.2 Å². The molecule has 0 radical (unpaired) electrons. The van der Waals surface area contributed by atoms with Crippen LogP contribution in [0.3, 0.4) is 0 Å². The van der Waals surface area contributed by atoms with Crippen molar-refractivity contribution in [1.82, 2.24) is 24.4 Å². The summed E-state index contributed by atoms with van der Waals surface area (Å²) < 4.78 is 26.4. The van der Waals surface area contributed by atoms with E-state index in [0.29, 0.717) is 31.6 Å². The normalized spacial score (nSPS) is 14.1. The number of nitrogens with two attached hydrogens (primary N) is 1. The van der Waals surface area contributed by atoms with Gasteiger partial charge in [0.25, 0.3) is 6.43 Å². The van der Waals surface area contributed by atoms with Gasteiger partial charge in [-0.1, -0.05) is 12.1 Å². The van der Waals surface area contributed by atoms with Crippen LogP contribution in [0.1, 0.15) is 11.1 Å². The molecule has 1 aliphatic heterocycles. The minimum absolute atomic E-state index is 0.0403. The lowest BCUT2D eigenvalue weighted by atomic mass is 10.0. The molecule has 186 valence electrons. The van der Waals surface area contributed by atoms with Gasteiger partial charge >= 0.3 is 5.69 Å². The number of nitrogens with one attached hydrogen (secondary N) is 1. The number of phenolic OH excluding ortho intramolecular Hbond substituents is 2. The number of nitrogen functional groups attached to an aromatic ring is 1. The van der Waals surface area contributed by atoms with Gasteiger partial charge in [0.2, 0.25) is 5.95 Å². The van der Waals surface area contributed by atoms with E-state index in [4.69, 9.17) is 5.73 Å². The second kappa shape index (κ2) is 9.38. The number of fused-ring (bicyclic) bond motifs is 2. The quantitative estimate of drug-likeness (QED) is 0.329. The number of halogens is 2. The average Bonchev–Trinajstić information content (AvgIpc) is 3.02. The molecule has 5 N–H and O–H groups in total. The molecule has 0 spiro atoms. The maximum Gasteiger partial charge on any atom is 0.356 e. The van der Waals surface area contributed by atoms with Gasteiger partial charge in [0, 0.05) is 25.0 Å². The maximum absolute atomic E-state index is 12.8. The van der Waals surface area contributed by atoms with Gasteiger partial charge in [-0.2, -0.15) is 9.97 Å². The Hall–Kier alpha value is -4.32. The van der Waals surface area contributed by atoms with Crippen LogP contribution in [0.15, 0.2) is 47.4 Å². The fraction of sp³-hybridized carbons (Fsp3) is 0.250. The van der Waals surface area contributed by atoms with E-state index < -0.39 is 12.1 Å². The minimum atomic E-state index is -2.36. The molecule has 1 aliphatic rings. The van der Waals surface area contributed by atoms with Crippen molar-refractivity contribution in [2.75, 3.05) is 30.7 Å². The first-order valence-corrected chi connectivity index (χ1v) is 11.3. The summed E-state index contributed by atoms with van der Waals surface area (Å²) in [5.74, 6) is -0.592. The third kappa shape index (κ3) is 4.50. The van der Waals surface area contributed by atoms with E-state index in [-0.39, 0.29) is 46.5 Å². The number of hydrogen-bond acceptors (Lipinski definition) is 9. The number of alkyl halides is 2. The maximum atomic E-state index is 12.8. The Balaban J connectivity index is 1.43. The summed E-state index contributed by atoms with van der Waals surface area (Å²) in [6, 6.07) is 9.80. The van der Waals surface area contributed by atoms with Crippen LogP contribution in [-0.4, -0.2) is 60.7 Å². The zero-order chi connectivity index (χ0) is 25.4. The van der Waals surface area contributed by atoms with Crippen LogP contribution in [-0.2, 0) is 12.8 Å². The summed E-state index contributed by atoms with van der Waals surface area (Å²) in [6.45, 7) is 0.904. The van der Waals surface area contributed by atoms with Crippen molar-refractivity contribution >= 4 is 28.5 Å². The van der Waals surface area contributed by atoms with Crippen molar-refractivity contribution in [3.8, 4) is 17.2 Å². The van der Waals surface area contributed by atoms with E-state index in [2.05, 4.69) is 20.3 Å². The van der Waals surface area contributed by atoms with Crippen molar-refractivity contribution in [2.45, 2.75) is 19.3 Å². The van der Waals surface area contributed by atoms with Crippen LogP contribution in [0.2, 0.25) is 0 Å². The van der Waals surface area contributed by atoms with Gasteiger partial charge in [0.1, 0.15) is 23.0 Å². The Kier molecular flexibility index (Phi) is 6.10. The first-order valence-electron chi connectivity index (χ1n) is 11.3. The molecule has 2 aromatic carbocycles. The first-order chi connectivity index (χ1) is 17.3. The number of nitrogens with zero attached hydrogens (tertiary/aromatic N) is 5. The van der Waals surface area contributed by atoms with Gasteiger partial charge in [-0.3, -0.25) is 4.90 Å². The van der Waals surface area contributed by atoms with Crippen LogP contribution in [0.5, 0.6) is 11.5 Å². The molecule has 2 aromatic heterocycles. The van der Waals surface area contributed by atoms with E-state index in [1.807, 2.05) is 18.2 Å². The molecule has 0 atom stereocenters. The zero-order valence-electron chi connectivity index (χ0n) is 19.0. The SMILES string of the molecule is Nc1c2cnc(Nc3ccc4c(c3)CCN(CC(F)F)CC4)nc2nc(=O)n1-c1c(O)cccc1O. The highest BCUT2D eigenvalue weighted by Gasteiger charge is 2.19. The molecular weight excluding hydrogens is 472 g/mol. The summed E-state index contributed by atoms with van der Waals surface area (Å²) >= 11 is 0. The largest absolute Gasteiger partial charge is 0.506 e. The van der Waals surface area contributed by atoms with Crippen LogP contribution >= 0.6 is 0 Å². The summed E-state index contributed by atoms with van der Waals surface area (Å²) in [7, 11) is 0. The summed E-state index contributed by atoms with van der Waals surface area (Å²) in [4.78, 5) is 27.0. The lowest BCUT2D eigenvalue weighted by Crippen LogP contribution is -2.31. The Morgan fingerprint density at radius 1 is 1.06 bits per heavy atom. The molecule has 0 aliphatic carbocycles. The number of anilines is 3. The van der Waals surface area contributed by atoms with Gasteiger partial charge in [-0.25, -0.2) is 23.1 Å². The fourth-order valence-electron chi connectivity index (χ4n) is 4.38. The summed E-state index contributed by atoms with van der Waals surface area (Å²) in [5, 5.41) is 23.6. The van der Waals surface area contributed by atoms with Crippen LogP contribution < -0.4 is 16.7 Å². The number of para-hydroxylation sites is 1. The van der Waals surface area contributed by atoms with E-state index in [1.54, 1.807) is 4.90 Å². The Morgan fingerprint density at radius 3 is 2.50 bits per heavy atom. The van der Waals surface area contributed by atoms with Crippen molar-refractivity contribution in [2.24, 2.45) is 0 Å². The number of rotatable bonds is 5. The molecule has 4 aromatic rings. The van der Waals surface area contributed by atoms with Gasteiger partial charge < -0.3 is 21.3 Å². The molecule has 0 fully saturated rings. The molecule has 0 saturated heterocycles. The monoisotopic (exact) mass is 495 g/mol. The van der Waals surface area contributed by atoms with Crippen molar-refractivity contribution < 1.29 is 19.0 Å². The van der Waals surface area contributed by atoms with E-state index in [1.165, 1.54) is 24.4 Å². The highest BCUT2D eigenvalue weighted by Crippen LogP contribution is 2.32. The van der Waals surface area contributed by atoms with E-state index in [9.17, 15) is 23.8 Å². The first kappa shape index (κ1) is 23.4. The molecule has 12 heteroatoms. The Morgan fingerprint density at radius 2 is 1.78 bits per heavy atom. The third-order valence-corrected chi connectivity index (χ3v) is 6.15. The Bertz CT molecular complexity index is 1490. The third-order valence-electron chi connectivity index (χ3n) is 6.15. The smallest absolute Gasteiger partial charge is 0.356 e. The average molecular weight is 495 g/mol. The predicted molar refractivity (Wildman–Crippen MR) is 130 cm³/mol. The number of benzene rings is 2. The lowest BCUT2D eigenvalue weighted by molar-refractivity contribution is 0.0904. The Labute approximate surface area is 203 Å². The van der Waals surface area contributed by atoms with Gasteiger partial charge in [0.05, 0.1) is 11.9 Å². The molecule has 36 heavy (non-hydrogen) atoms. The zero-order valence-corrected chi connectivity index (χ0v) is 19.0. The number of aromatic hydroxyl groups is 2. The topological polar surface area (TPSA) is 142 Å². The molecule has 0 saturated carbocycles. The van der Waals surface area contributed by atoms with Crippen LogP contribution in [0.25, 0.3) is 16.7 Å². The number of hydrogen-bond donors (Lipinski definition) is 4. The number of phenols is 2. The van der Waals surface area contributed by atoms with E-state index >= 15 is 0 Å². The van der Waals surface area contributed by atoms with Gasteiger partial charge in [0.15, 0.2) is 5.65 Å².